The molecule has 0 atom stereocenters. The van der Waals surface area contributed by atoms with Crippen LogP contribution in [0, 0.1) is 0 Å². The molecule has 2 aromatic heterocycles. The van der Waals surface area contributed by atoms with Gasteiger partial charge in [0, 0.05) is 5.39 Å². The summed E-state index contributed by atoms with van der Waals surface area (Å²) >= 11 is 13.8. The number of methoxy groups -OCH3 is 1. The van der Waals surface area contributed by atoms with Crippen LogP contribution in [0.1, 0.15) is 0 Å². The molecule has 5 heteroatoms. The Morgan fingerprint density at radius 1 is 1.18 bits per heavy atom. The maximum atomic E-state index is 6.37. The summed E-state index contributed by atoms with van der Waals surface area (Å²) in [5.74, 6) is 0.767. The molecular weight excluding hydrogens is 277 g/mol. The fraction of sp³-hybridized carbons (Fsp3) is 0.0833. The van der Waals surface area contributed by atoms with Gasteiger partial charge in [-0.15, -0.1) is 11.3 Å². The maximum Gasteiger partial charge on any atom is 0.119 e. The van der Waals surface area contributed by atoms with Crippen LogP contribution in [0.2, 0.25) is 9.36 Å². The van der Waals surface area contributed by atoms with E-state index in [-0.39, 0.29) is 0 Å². The van der Waals surface area contributed by atoms with E-state index in [0.717, 1.165) is 26.9 Å². The second-order valence-electron chi connectivity index (χ2n) is 3.57. The third-order valence-electron chi connectivity index (χ3n) is 2.56. The van der Waals surface area contributed by atoms with Crippen LogP contribution in [0.25, 0.3) is 21.1 Å². The number of thiophene rings is 1. The molecular formula is C12H7Cl2NOS. The molecule has 0 saturated heterocycles. The predicted octanol–water partition coefficient (Wildman–Crippen LogP) is 4.76. The van der Waals surface area contributed by atoms with Crippen molar-refractivity contribution >= 4 is 55.7 Å². The molecule has 1 aromatic carbocycles. The number of fused-ring (bicyclic) bond motifs is 2. The fourth-order valence-corrected chi connectivity index (χ4v) is 3.23. The topological polar surface area (TPSA) is 22.1 Å². The summed E-state index contributed by atoms with van der Waals surface area (Å²) < 4.78 is 6.79. The van der Waals surface area contributed by atoms with E-state index in [4.69, 9.17) is 27.9 Å². The number of hydrogen-bond acceptors (Lipinski definition) is 3. The molecule has 0 saturated carbocycles. The van der Waals surface area contributed by atoms with Crippen molar-refractivity contribution in [2.24, 2.45) is 0 Å². The van der Waals surface area contributed by atoms with Crippen LogP contribution < -0.4 is 4.74 Å². The van der Waals surface area contributed by atoms with E-state index in [1.54, 1.807) is 7.11 Å². The Morgan fingerprint density at radius 3 is 2.76 bits per heavy atom. The lowest BCUT2D eigenvalue weighted by Gasteiger charge is -2.04. The molecule has 86 valence electrons. The largest absolute Gasteiger partial charge is 0.497 e. The number of hydrogen-bond donors (Lipinski definition) is 0. The van der Waals surface area contributed by atoms with E-state index < -0.39 is 0 Å². The first-order valence-electron chi connectivity index (χ1n) is 4.91. The summed E-state index contributed by atoms with van der Waals surface area (Å²) in [6.07, 6.45) is 0. The standard InChI is InChI=1S/C12H7Cl2NOS/c1-16-6-2-3-8-7(4-6)11(14)12-9(15-8)5-10(13)17-12/h2-5H,1H3. The third kappa shape index (κ3) is 1.75. The van der Waals surface area contributed by atoms with E-state index in [9.17, 15) is 0 Å². The van der Waals surface area contributed by atoms with Crippen molar-refractivity contribution in [2.75, 3.05) is 7.11 Å². The van der Waals surface area contributed by atoms with Gasteiger partial charge in [-0.2, -0.15) is 0 Å². The lowest BCUT2D eigenvalue weighted by Crippen LogP contribution is -1.85. The first-order valence-corrected chi connectivity index (χ1v) is 6.48. The van der Waals surface area contributed by atoms with E-state index >= 15 is 0 Å². The van der Waals surface area contributed by atoms with E-state index in [2.05, 4.69) is 4.98 Å². The molecule has 0 N–H and O–H groups in total. The molecule has 0 fully saturated rings. The molecule has 17 heavy (non-hydrogen) atoms. The molecule has 3 rings (SSSR count). The lowest BCUT2D eigenvalue weighted by molar-refractivity contribution is 0.415. The molecule has 0 bridgehead atoms. The monoisotopic (exact) mass is 283 g/mol. The van der Waals surface area contributed by atoms with Gasteiger partial charge in [-0.05, 0) is 24.3 Å². The molecule has 0 aliphatic heterocycles. The molecule has 0 unspecified atom stereocenters. The average molecular weight is 284 g/mol. The Bertz CT molecular complexity index is 723. The number of ether oxygens (including phenoxy) is 1. The van der Waals surface area contributed by atoms with Gasteiger partial charge < -0.3 is 4.74 Å². The highest BCUT2D eigenvalue weighted by atomic mass is 35.5. The molecule has 2 heterocycles. The van der Waals surface area contributed by atoms with Crippen molar-refractivity contribution in [3.63, 3.8) is 0 Å². The van der Waals surface area contributed by atoms with Crippen LogP contribution in [0.3, 0.4) is 0 Å². The van der Waals surface area contributed by atoms with E-state index in [1.165, 1.54) is 11.3 Å². The molecule has 2 nitrogen and oxygen atoms in total. The minimum absolute atomic E-state index is 0.681. The quantitative estimate of drug-likeness (QED) is 0.642. The summed E-state index contributed by atoms with van der Waals surface area (Å²) in [7, 11) is 1.63. The number of halogens is 2. The smallest absolute Gasteiger partial charge is 0.119 e. The lowest BCUT2D eigenvalue weighted by atomic mass is 10.2. The third-order valence-corrected chi connectivity index (χ3v) is 4.34. The van der Waals surface area contributed by atoms with Crippen molar-refractivity contribution in [2.45, 2.75) is 0 Å². The zero-order valence-corrected chi connectivity index (χ0v) is 11.2. The van der Waals surface area contributed by atoms with Gasteiger partial charge in [0.15, 0.2) is 0 Å². The Hall–Kier alpha value is -1.03. The highest BCUT2D eigenvalue weighted by Gasteiger charge is 2.11. The van der Waals surface area contributed by atoms with Crippen LogP contribution in [0.5, 0.6) is 5.75 Å². The van der Waals surface area contributed by atoms with Crippen LogP contribution in [0.15, 0.2) is 24.3 Å². The second-order valence-corrected chi connectivity index (χ2v) is 5.64. The van der Waals surface area contributed by atoms with Crippen molar-refractivity contribution in [3.05, 3.63) is 33.6 Å². The van der Waals surface area contributed by atoms with Crippen molar-refractivity contribution < 1.29 is 4.74 Å². The van der Waals surface area contributed by atoms with Crippen LogP contribution in [-0.2, 0) is 0 Å². The number of nitrogens with zero attached hydrogens (tertiary/aromatic N) is 1. The van der Waals surface area contributed by atoms with E-state index in [0.29, 0.717) is 9.36 Å². The molecule has 0 amide bonds. The van der Waals surface area contributed by atoms with Gasteiger partial charge in [-0.25, -0.2) is 4.98 Å². The van der Waals surface area contributed by atoms with Gasteiger partial charge in [0.1, 0.15) is 5.75 Å². The summed E-state index contributed by atoms with van der Waals surface area (Å²) in [4.78, 5) is 4.52. The summed E-state index contributed by atoms with van der Waals surface area (Å²) in [6, 6.07) is 7.48. The predicted molar refractivity (Wildman–Crippen MR) is 73.7 cm³/mol. The Balaban J connectivity index is 2.45. The first-order chi connectivity index (χ1) is 8.19. The molecule has 0 aliphatic carbocycles. The van der Waals surface area contributed by atoms with Gasteiger partial charge >= 0.3 is 0 Å². The van der Waals surface area contributed by atoms with Crippen LogP contribution in [0.4, 0.5) is 0 Å². The summed E-state index contributed by atoms with van der Waals surface area (Å²) in [5.41, 5.74) is 1.68. The zero-order chi connectivity index (χ0) is 12.0. The number of aromatic nitrogens is 1. The normalized spacial score (nSPS) is 11.2. The van der Waals surface area contributed by atoms with E-state index in [1.807, 2.05) is 24.3 Å². The first kappa shape index (κ1) is 11.1. The zero-order valence-electron chi connectivity index (χ0n) is 8.83. The van der Waals surface area contributed by atoms with Crippen molar-refractivity contribution in [1.29, 1.82) is 0 Å². The van der Waals surface area contributed by atoms with Crippen LogP contribution >= 0.6 is 34.5 Å². The van der Waals surface area contributed by atoms with Gasteiger partial charge in [0.2, 0.25) is 0 Å². The Labute approximate surface area is 112 Å². The number of rotatable bonds is 1. The second kappa shape index (κ2) is 4.02. The Kier molecular flexibility index (Phi) is 2.62. The van der Waals surface area contributed by atoms with Crippen molar-refractivity contribution in [3.8, 4) is 5.75 Å². The van der Waals surface area contributed by atoms with Gasteiger partial charge in [-0.1, -0.05) is 23.2 Å². The fourth-order valence-electron chi connectivity index (χ4n) is 1.76. The van der Waals surface area contributed by atoms with Crippen LogP contribution in [-0.4, -0.2) is 12.1 Å². The highest BCUT2D eigenvalue weighted by Crippen LogP contribution is 2.38. The van der Waals surface area contributed by atoms with Gasteiger partial charge in [0.25, 0.3) is 0 Å². The average Bonchev–Trinajstić information content (AvgIpc) is 2.70. The molecule has 0 spiro atoms. The number of benzene rings is 1. The molecule has 3 aromatic rings. The summed E-state index contributed by atoms with van der Waals surface area (Å²) in [5, 5.41) is 1.57. The van der Waals surface area contributed by atoms with Crippen molar-refractivity contribution in [1.82, 2.24) is 4.98 Å². The molecule has 0 radical (unpaired) electrons. The maximum absolute atomic E-state index is 6.37. The van der Waals surface area contributed by atoms with Gasteiger partial charge in [-0.3, -0.25) is 0 Å². The minimum Gasteiger partial charge on any atom is -0.497 e. The van der Waals surface area contributed by atoms with Gasteiger partial charge in [0.05, 0.1) is 32.2 Å². The Morgan fingerprint density at radius 2 is 2.00 bits per heavy atom. The molecule has 0 aliphatic rings. The minimum atomic E-state index is 0.681. The SMILES string of the molecule is COc1ccc2nc3cc(Cl)sc3c(Cl)c2c1. The highest BCUT2D eigenvalue weighted by molar-refractivity contribution is 7.23. The summed E-state index contributed by atoms with van der Waals surface area (Å²) in [6.45, 7) is 0. The number of pyridine rings is 1.